The van der Waals surface area contributed by atoms with Gasteiger partial charge in [0.2, 0.25) is 0 Å². The maximum Gasteiger partial charge on any atom is 0.757 e. The van der Waals surface area contributed by atoms with E-state index in [2.05, 4.69) is 20.8 Å². The molecule has 3 nitrogen and oxygen atoms in total. The van der Waals surface area contributed by atoms with Gasteiger partial charge in [0.25, 0.3) is 0 Å². The summed E-state index contributed by atoms with van der Waals surface area (Å²) in [6.07, 6.45) is 23.3. The molecule has 0 spiro atoms. The van der Waals surface area contributed by atoms with E-state index in [0.29, 0.717) is 0 Å². The fourth-order valence-corrected chi connectivity index (χ4v) is 5.51. The van der Waals surface area contributed by atoms with Crippen molar-refractivity contribution >= 4 is 19.5 Å². The number of carbonyl (C=O) groups excluding carboxylic acids is 1. The molecule has 178 valence electrons. The molecule has 30 heavy (non-hydrogen) atoms. The third-order valence-corrected chi connectivity index (χ3v) is 8.09. The van der Waals surface area contributed by atoms with Gasteiger partial charge >= 0.3 is 14.8 Å². The summed E-state index contributed by atoms with van der Waals surface area (Å²) in [4.78, 5) is 11.8. The summed E-state index contributed by atoms with van der Waals surface area (Å²) in [5.41, 5.74) is -0.256. The lowest BCUT2D eigenvalue weighted by atomic mass is 9.99. The molecule has 0 unspecified atom stereocenters. The Morgan fingerprint density at radius 1 is 0.733 bits per heavy atom. The number of unbranched alkanes of at least 4 members (excludes halogenated alkanes) is 15. The smallest absolute Gasteiger partial charge is 0.471 e. The Hall–Kier alpha value is 0.122. The van der Waals surface area contributed by atoms with E-state index in [-0.39, 0.29) is 16.4 Å². The molecular formula is C26H53AlO3. The Kier molecular flexibility index (Phi) is 19.9. The summed E-state index contributed by atoms with van der Waals surface area (Å²) >= 11 is -2.23. The van der Waals surface area contributed by atoms with E-state index < -0.39 is 14.8 Å². The van der Waals surface area contributed by atoms with Gasteiger partial charge in [0.15, 0.2) is 0 Å². The quantitative estimate of drug-likeness (QED) is 0.125. The average molecular weight is 441 g/mol. The van der Waals surface area contributed by atoms with Crippen molar-refractivity contribution in [2.24, 2.45) is 0 Å². The highest BCUT2D eigenvalue weighted by Gasteiger charge is 2.38. The number of hydrogen-bond donors (Lipinski definition) is 0. The van der Waals surface area contributed by atoms with Crippen LogP contribution in [0.25, 0.3) is 0 Å². The first-order chi connectivity index (χ1) is 14.3. The fraction of sp³-hybridized carbons (Fsp3) is 0.962. The predicted molar refractivity (Wildman–Crippen MR) is 132 cm³/mol. The van der Waals surface area contributed by atoms with Gasteiger partial charge in [-0.3, -0.25) is 0 Å². The van der Waals surface area contributed by atoms with Gasteiger partial charge in [-0.25, -0.2) is 0 Å². The minimum Gasteiger partial charge on any atom is -0.471 e. The summed E-state index contributed by atoms with van der Waals surface area (Å²) in [6.45, 7) is 12.0. The van der Waals surface area contributed by atoms with Crippen LogP contribution in [0.15, 0.2) is 0 Å². The molecule has 0 N–H and O–H groups in total. The standard InChI is InChI=1S/C21H43O.C3H7O.C2H3O.Al/c1-4-5-6-7-8-9-10-11-12-13-14-15-16-17-18-19-20-21(2,3)22;1-3(2)4;1-2-3;/h4-20H2,1-3H3;3H,1-2H3;1H3;/q2*-1;;+2. The van der Waals surface area contributed by atoms with Crippen LogP contribution in [0.2, 0.25) is 0 Å². The van der Waals surface area contributed by atoms with Gasteiger partial charge in [0.05, 0.1) is 0 Å². The monoisotopic (exact) mass is 440 g/mol. The minimum absolute atomic E-state index is 0.0527. The second-order valence-corrected chi connectivity index (χ2v) is 12.0. The van der Waals surface area contributed by atoms with Gasteiger partial charge < -0.3 is 12.4 Å². The van der Waals surface area contributed by atoms with Crippen molar-refractivity contribution < 1.29 is 12.4 Å². The van der Waals surface area contributed by atoms with E-state index >= 15 is 0 Å². The van der Waals surface area contributed by atoms with E-state index in [1.165, 1.54) is 103 Å². The number of carbonyl (C=O) groups is 1. The van der Waals surface area contributed by atoms with Crippen LogP contribution in [0.3, 0.4) is 0 Å². The molecule has 0 aromatic carbocycles. The second kappa shape index (κ2) is 19.8. The zero-order valence-corrected chi connectivity index (χ0v) is 22.6. The van der Waals surface area contributed by atoms with Gasteiger partial charge in [-0.2, -0.15) is 0 Å². The molecule has 0 aliphatic carbocycles. The number of rotatable bonds is 22. The van der Waals surface area contributed by atoms with E-state index in [9.17, 15) is 4.79 Å². The molecular weight excluding hydrogens is 387 g/mol. The molecule has 0 saturated carbocycles. The van der Waals surface area contributed by atoms with Crippen LogP contribution in [0.5, 0.6) is 0 Å². The molecule has 0 rings (SSSR count). The van der Waals surface area contributed by atoms with Crippen molar-refractivity contribution in [1.82, 2.24) is 0 Å². The van der Waals surface area contributed by atoms with E-state index in [0.717, 1.165) is 6.42 Å². The van der Waals surface area contributed by atoms with Crippen LogP contribution in [-0.2, 0) is 12.4 Å². The van der Waals surface area contributed by atoms with Crippen LogP contribution in [-0.4, -0.2) is 31.2 Å². The number of hydrogen-bond acceptors (Lipinski definition) is 3. The molecule has 0 bridgehead atoms. The van der Waals surface area contributed by atoms with Crippen LogP contribution >= 0.6 is 0 Å². The first-order valence-corrected chi connectivity index (χ1v) is 14.6. The van der Waals surface area contributed by atoms with Crippen LogP contribution in [0, 0.1) is 0 Å². The van der Waals surface area contributed by atoms with Crippen LogP contribution in [0.4, 0.5) is 0 Å². The highest BCUT2D eigenvalue weighted by atomic mass is 27.2. The topological polar surface area (TPSA) is 35.5 Å². The molecule has 4 heteroatoms. The molecule has 0 saturated heterocycles. The Balaban J connectivity index is 3.52. The molecule has 0 heterocycles. The maximum atomic E-state index is 11.8. The average Bonchev–Trinajstić information content (AvgIpc) is 2.66. The van der Waals surface area contributed by atoms with E-state index in [1.807, 2.05) is 13.8 Å². The predicted octanol–water partition coefficient (Wildman–Crippen LogP) is 8.47. The van der Waals surface area contributed by atoms with Crippen molar-refractivity contribution in [3.05, 3.63) is 0 Å². The lowest BCUT2D eigenvalue weighted by Crippen LogP contribution is -2.41. The van der Waals surface area contributed by atoms with E-state index in [4.69, 9.17) is 7.58 Å². The molecule has 0 aromatic rings. The van der Waals surface area contributed by atoms with Gasteiger partial charge in [0, 0.05) is 11.7 Å². The van der Waals surface area contributed by atoms with Crippen LogP contribution < -0.4 is 0 Å². The van der Waals surface area contributed by atoms with Crippen molar-refractivity contribution in [3.63, 3.8) is 0 Å². The second-order valence-electron chi connectivity index (χ2n) is 10.1. The Bertz CT molecular complexity index is 396. The molecule has 0 aromatic heterocycles. The largest absolute Gasteiger partial charge is 0.757 e. The molecule has 0 fully saturated rings. The Morgan fingerprint density at radius 3 is 1.43 bits per heavy atom. The van der Waals surface area contributed by atoms with E-state index in [1.54, 1.807) is 6.92 Å². The first kappa shape index (κ1) is 30.1. The Labute approximate surface area is 194 Å². The van der Waals surface area contributed by atoms with Gasteiger partial charge in [-0.05, 0) is 41.0 Å². The summed E-state index contributed by atoms with van der Waals surface area (Å²) in [6, 6.07) is 0. The van der Waals surface area contributed by atoms with Gasteiger partial charge in [-0.1, -0.05) is 110 Å². The summed E-state index contributed by atoms with van der Waals surface area (Å²) in [5.74, 6) is 0. The molecule has 0 atom stereocenters. The molecule has 0 aliphatic rings. The van der Waals surface area contributed by atoms with Crippen molar-refractivity contribution in [2.45, 2.75) is 162 Å². The third-order valence-electron chi connectivity index (χ3n) is 5.79. The Morgan fingerprint density at radius 2 is 1.10 bits per heavy atom. The first-order valence-electron chi connectivity index (χ1n) is 13.1. The van der Waals surface area contributed by atoms with Crippen LogP contribution in [0.1, 0.15) is 151 Å². The molecule has 0 radical (unpaired) electrons. The minimum atomic E-state index is -2.23. The normalized spacial score (nSPS) is 12.0. The highest BCUT2D eigenvalue weighted by molar-refractivity contribution is 6.80. The summed E-state index contributed by atoms with van der Waals surface area (Å²) < 4.78 is 11.9. The molecule has 0 amide bonds. The van der Waals surface area contributed by atoms with Crippen molar-refractivity contribution in [3.8, 4) is 0 Å². The lowest BCUT2D eigenvalue weighted by Gasteiger charge is -2.29. The SMILES string of the molecule is CCCCCCCCCCCCCCCCCCC(C)(C)[O][Al]([O]C(C)C)[C](C)=O. The van der Waals surface area contributed by atoms with Crippen molar-refractivity contribution in [1.29, 1.82) is 0 Å². The van der Waals surface area contributed by atoms with Gasteiger partial charge in [-0.15, -0.1) is 0 Å². The zero-order valence-electron chi connectivity index (χ0n) is 21.4. The summed E-state index contributed by atoms with van der Waals surface area (Å²) in [7, 11) is 0. The third kappa shape index (κ3) is 20.0. The van der Waals surface area contributed by atoms with Crippen molar-refractivity contribution in [2.75, 3.05) is 0 Å². The maximum absolute atomic E-state index is 11.8. The fourth-order valence-electron chi connectivity index (χ4n) is 3.90. The molecule has 0 aliphatic heterocycles. The lowest BCUT2D eigenvalue weighted by molar-refractivity contribution is -0.114. The van der Waals surface area contributed by atoms with Gasteiger partial charge in [0.1, 0.15) is 4.65 Å². The summed E-state index contributed by atoms with van der Waals surface area (Å²) in [5, 5.41) is 0. The zero-order chi connectivity index (χ0) is 22.7. The highest BCUT2D eigenvalue weighted by Crippen LogP contribution is 2.22.